The molecule has 0 fully saturated rings. The molecule has 0 saturated carbocycles. The molecule has 0 spiro atoms. The van der Waals surface area contributed by atoms with Gasteiger partial charge >= 0.3 is 5.97 Å². The van der Waals surface area contributed by atoms with Crippen LogP contribution in [-0.4, -0.2) is 24.0 Å². The first-order chi connectivity index (χ1) is 10.7. The normalized spacial score (nSPS) is 10.4. The summed E-state index contributed by atoms with van der Waals surface area (Å²) in [5, 5.41) is 6.73. The number of hydrogen-bond donors (Lipinski definition) is 1. The van der Waals surface area contributed by atoms with Gasteiger partial charge in [-0.25, -0.2) is 9.78 Å². The Morgan fingerprint density at radius 1 is 1.32 bits per heavy atom. The van der Waals surface area contributed by atoms with Crippen LogP contribution in [-0.2, 0) is 4.74 Å². The first-order valence-corrected chi connectivity index (χ1v) is 7.90. The second-order valence-electron chi connectivity index (χ2n) is 4.16. The smallest absolute Gasteiger partial charge is 0.350 e. The molecule has 112 valence electrons. The first kappa shape index (κ1) is 14.5. The molecule has 3 heterocycles. The minimum atomic E-state index is -0.484. The Morgan fingerprint density at radius 3 is 2.91 bits per heavy atom. The van der Waals surface area contributed by atoms with E-state index in [1.165, 1.54) is 29.8 Å². The Bertz CT molecular complexity index is 805. The third kappa shape index (κ3) is 2.78. The molecule has 8 heteroatoms. The van der Waals surface area contributed by atoms with E-state index in [1.807, 2.05) is 0 Å². The highest BCUT2D eigenvalue weighted by Gasteiger charge is 2.18. The van der Waals surface area contributed by atoms with Crippen molar-refractivity contribution >= 4 is 40.2 Å². The first-order valence-electron chi connectivity index (χ1n) is 6.14. The molecule has 0 radical (unpaired) electrons. The van der Waals surface area contributed by atoms with Crippen LogP contribution >= 0.6 is 22.7 Å². The van der Waals surface area contributed by atoms with Crippen LogP contribution in [0.3, 0.4) is 0 Å². The SMILES string of the molecule is COC(=O)c1sccc1NC(=O)c1csc(-c2ccoc2)n1. The Morgan fingerprint density at radius 2 is 2.18 bits per heavy atom. The van der Waals surface area contributed by atoms with E-state index in [-0.39, 0.29) is 11.6 Å². The summed E-state index contributed by atoms with van der Waals surface area (Å²) in [6, 6.07) is 3.42. The van der Waals surface area contributed by atoms with Gasteiger partial charge in [0.05, 0.1) is 19.1 Å². The van der Waals surface area contributed by atoms with Gasteiger partial charge in [-0.05, 0) is 17.5 Å². The van der Waals surface area contributed by atoms with Gasteiger partial charge in [0.25, 0.3) is 5.91 Å². The van der Waals surface area contributed by atoms with Crippen molar-refractivity contribution in [1.29, 1.82) is 0 Å². The maximum absolute atomic E-state index is 12.2. The molecule has 0 aliphatic rings. The highest BCUT2D eigenvalue weighted by Crippen LogP contribution is 2.26. The molecule has 0 unspecified atom stereocenters. The van der Waals surface area contributed by atoms with Crippen LogP contribution in [0, 0.1) is 0 Å². The fraction of sp³-hybridized carbons (Fsp3) is 0.0714. The van der Waals surface area contributed by atoms with Crippen molar-refractivity contribution in [2.45, 2.75) is 0 Å². The van der Waals surface area contributed by atoms with Gasteiger partial charge in [0.2, 0.25) is 0 Å². The van der Waals surface area contributed by atoms with E-state index in [0.717, 1.165) is 5.56 Å². The number of aromatic nitrogens is 1. The molecular formula is C14H10N2O4S2. The van der Waals surface area contributed by atoms with E-state index < -0.39 is 5.97 Å². The molecule has 1 N–H and O–H groups in total. The van der Waals surface area contributed by atoms with Crippen LogP contribution in [0.15, 0.2) is 39.8 Å². The average molecular weight is 334 g/mol. The number of esters is 1. The predicted molar refractivity (Wildman–Crippen MR) is 83.4 cm³/mol. The number of ether oxygens (including phenoxy) is 1. The summed E-state index contributed by atoms with van der Waals surface area (Å²) in [5.41, 5.74) is 1.51. The van der Waals surface area contributed by atoms with Gasteiger partial charge in [0.1, 0.15) is 21.8 Å². The minimum Gasteiger partial charge on any atom is -0.472 e. The molecular weight excluding hydrogens is 324 g/mol. The van der Waals surface area contributed by atoms with Crippen molar-refractivity contribution in [3.05, 3.63) is 46.0 Å². The van der Waals surface area contributed by atoms with E-state index in [1.54, 1.807) is 35.4 Å². The maximum atomic E-state index is 12.2. The van der Waals surface area contributed by atoms with Crippen LogP contribution in [0.2, 0.25) is 0 Å². The second kappa shape index (κ2) is 6.12. The Balaban J connectivity index is 1.78. The van der Waals surface area contributed by atoms with Crippen molar-refractivity contribution in [3.63, 3.8) is 0 Å². The summed E-state index contributed by atoms with van der Waals surface area (Å²) in [5.74, 6) is -0.864. The highest BCUT2D eigenvalue weighted by molar-refractivity contribution is 7.13. The molecule has 3 aromatic heterocycles. The zero-order valence-corrected chi connectivity index (χ0v) is 13.0. The van der Waals surface area contributed by atoms with Crippen LogP contribution < -0.4 is 5.32 Å². The Hall–Kier alpha value is -2.45. The number of carbonyl (C=O) groups is 2. The van der Waals surface area contributed by atoms with E-state index in [0.29, 0.717) is 15.6 Å². The standard InChI is InChI=1S/C14H10N2O4S2/c1-19-14(18)11-9(3-5-21-11)15-12(17)10-7-22-13(16-10)8-2-4-20-6-8/h2-7H,1H3,(H,15,17). The minimum absolute atomic E-state index is 0.281. The number of rotatable bonds is 4. The molecule has 0 aromatic carbocycles. The summed E-state index contributed by atoms with van der Waals surface area (Å²) in [6.45, 7) is 0. The van der Waals surface area contributed by atoms with E-state index in [2.05, 4.69) is 15.0 Å². The van der Waals surface area contributed by atoms with Crippen molar-refractivity contribution < 1.29 is 18.7 Å². The fourth-order valence-electron chi connectivity index (χ4n) is 1.74. The number of nitrogens with one attached hydrogen (secondary N) is 1. The molecule has 3 aromatic rings. The molecule has 3 rings (SSSR count). The van der Waals surface area contributed by atoms with Crippen LogP contribution in [0.25, 0.3) is 10.6 Å². The summed E-state index contributed by atoms with van der Waals surface area (Å²) < 4.78 is 9.67. The lowest BCUT2D eigenvalue weighted by Gasteiger charge is -2.03. The molecule has 0 aliphatic heterocycles. The number of nitrogens with zero attached hydrogens (tertiary/aromatic N) is 1. The molecule has 6 nitrogen and oxygen atoms in total. The Kier molecular flexibility index (Phi) is 4.03. The predicted octanol–water partition coefficient (Wildman–Crippen LogP) is 3.50. The third-order valence-corrected chi connectivity index (χ3v) is 4.57. The van der Waals surface area contributed by atoms with Crippen LogP contribution in [0.1, 0.15) is 20.2 Å². The van der Waals surface area contributed by atoms with Gasteiger partial charge in [0, 0.05) is 10.9 Å². The van der Waals surface area contributed by atoms with Gasteiger partial charge in [-0.1, -0.05) is 0 Å². The quantitative estimate of drug-likeness (QED) is 0.739. The van der Waals surface area contributed by atoms with E-state index in [9.17, 15) is 9.59 Å². The summed E-state index contributed by atoms with van der Waals surface area (Å²) in [4.78, 5) is 28.4. The summed E-state index contributed by atoms with van der Waals surface area (Å²) in [7, 11) is 1.30. The molecule has 0 atom stereocenters. The monoisotopic (exact) mass is 334 g/mol. The zero-order chi connectivity index (χ0) is 15.5. The second-order valence-corrected chi connectivity index (χ2v) is 5.93. The summed E-state index contributed by atoms with van der Waals surface area (Å²) in [6.07, 6.45) is 3.11. The van der Waals surface area contributed by atoms with Gasteiger partial charge < -0.3 is 14.5 Å². The lowest BCUT2D eigenvalue weighted by Crippen LogP contribution is -2.14. The van der Waals surface area contributed by atoms with Crippen molar-refractivity contribution in [3.8, 4) is 10.6 Å². The van der Waals surface area contributed by atoms with E-state index >= 15 is 0 Å². The number of hydrogen-bond acceptors (Lipinski definition) is 7. The number of thiazole rings is 1. The number of anilines is 1. The third-order valence-electron chi connectivity index (χ3n) is 2.79. The number of furan rings is 1. The summed E-state index contributed by atoms with van der Waals surface area (Å²) >= 11 is 2.55. The lowest BCUT2D eigenvalue weighted by molar-refractivity contribution is 0.0607. The number of amides is 1. The largest absolute Gasteiger partial charge is 0.472 e. The Labute approximate surface area is 133 Å². The topological polar surface area (TPSA) is 81.4 Å². The van der Waals surface area contributed by atoms with Gasteiger partial charge in [-0.15, -0.1) is 22.7 Å². The number of methoxy groups -OCH3 is 1. The molecule has 0 bridgehead atoms. The lowest BCUT2D eigenvalue weighted by atomic mass is 10.3. The average Bonchev–Trinajstić information content (AvgIpc) is 3.25. The van der Waals surface area contributed by atoms with Gasteiger partial charge in [0.15, 0.2) is 0 Å². The number of thiophene rings is 1. The van der Waals surface area contributed by atoms with Crippen molar-refractivity contribution in [1.82, 2.24) is 4.98 Å². The van der Waals surface area contributed by atoms with Gasteiger partial charge in [-0.2, -0.15) is 0 Å². The van der Waals surface area contributed by atoms with Gasteiger partial charge in [-0.3, -0.25) is 4.79 Å². The van der Waals surface area contributed by atoms with E-state index in [4.69, 9.17) is 4.42 Å². The van der Waals surface area contributed by atoms with Crippen molar-refractivity contribution in [2.24, 2.45) is 0 Å². The van der Waals surface area contributed by atoms with Crippen LogP contribution in [0.4, 0.5) is 5.69 Å². The molecule has 0 aliphatic carbocycles. The number of carbonyl (C=O) groups excluding carboxylic acids is 2. The fourth-order valence-corrected chi connectivity index (χ4v) is 3.29. The zero-order valence-electron chi connectivity index (χ0n) is 11.4. The van der Waals surface area contributed by atoms with Crippen molar-refractivity contribution in [2.75, 3.05) is 12.4 Å². The molecule has 22 heavy (non-hydrogen) atoms. The molecule has 1 amide bonds. The molecule has 0 saturated heterocycles. The van der Waals surface area contributed by atoms with Crippen LogP contribution in [0.5, 0.6) is 0 Å². The highest BCUT2D eigenvalue weighted by atomic mass is 32.1. The maximum Gasteiger partial charge on any atom is 0.350 e.